The van der Waals surface area contributed by atoms with Crippen LogP contribution in [-0.2, 0) is 6.42 Å². The quantitative estimate of drug-likeness (QED) is 0.754. The number of hydrogen-bond acceptors (Lipinski definition) is 2. The summed E-state index contributed by atoms with van der Waals surface area (Å²) in [5.41, 5.74) is 5.66. The maximum absolute atomic E-state index is 13.3. The van der Waals surface area contributed by atoms with Crippen LogP contribution in [0.4, 0.5) is 4.39 Å². The molecule has 0 bridgehead atoms. The maximum Gasteiger partial charge on any atom is 0.122 e. The normalized spacial score (nSPS) is 14.7. The molecule has 3 heteroatoms. The van der Waals surface area contributed by atoms with Crippen LogP contribution in [-0.4, -0.2) is 11.7 Å². The van der Waals surface area contributed by atoms with Gasteiger partial charge in [-0.15, -0.1) is 0 Å². The second-order valence-electron chi connectivity index (χ2n) is 3.62. The van der Waals surface area contributed by atoms with Gasteiger partial charge >= 0.3 is 0 Å². The van der Waals surface area contributed by atoms with E-state index in [2.05, 4.69) is 0 Å². The molecule has 0 fully saturated rings. The lowest BCUT2D eigenvalue weighted by Gasteiger charge is -2.22. The molecule has 0 aliphatic heterocycles. The van der Waals surface area contributed by atoms with Crippen LogP contribution in [0.25, 0.3) is 0 Å². The molecule has 2 nitrogen and oxygen atoms in total. The number of halogens is 1. The van der Waals surface area contributed by atoms with Crippen molar-refractivity contribution < 1.29 is 8.81 Å². The third-order valence-corrected chi connectivity index (χ3v) is 1.80. The first-order valence-electron chi connectivity index (χ1n) is 3.94. The molecule has 0 amide bonds. The summed E-state index contributed by atoms with van der Waals surface area (Å²) in [6.45, 7) is 3.36. The largest absolute Gasteiger partial charge is 0.472 e. The molecule has 12 heavy (non-hydrogen) atoms. The molecule has 0 saturated carbocycles. The molecule has 68 valence electrons. The summed E-state index contributed by atoms with van der Waals surface area (Å²) in [4.78, 5) is 0. The van der Waals surface area contributed by atoms with E-state index in [1.54, 1.807) is 26.2 Å². The molecular weight excluding hydrogens is 157 g/mol. The van der Waals surface area contributed by atoms with Crippen molar-refractivity contribution in [3.63, 3.8) is 0 Å². The Labute approximate surface area is 71.6 Å². The maximum atomic E-state index is 13.3. The smallest absolute Gasteiger partial charge is 0.122 e. The van der Waals surface area contributed by atoms with Crippen molar-refractivity contribution in [1.29, 1.82) is 0 Å². The van der Waals surface area contributed by atoms with Gasteiger partial charge in [-0.3, -0.25) is 0 Å². The highest BCUT2D eigenvalue weighted by atomic mass is 19.1. The molecule has 1 unspecified atom stereocenters. The van der Waals surface area contributed by atoms with Gasteiger partial charge in [-0.25, -0.2) is 4.39 Å². The van der Waals surface area contributed by atoms with Crippen molar-refractivity contribution in [3.8, 4) is 0 Å². The second-order valence-corrected chi connectivity index (χ2v) is 3.62. The third kappa shape index (κ3) is 2.34. The summed E-state index contributed by atoms with van der Waals surface area (Å²) in [5, 5.41) is 0. The van der Waals surface area contributed by atoms with Crippen LogP contribution in [0.5, 0.6) is 0 Å². The average molecular weight is 171 g/mol. The predicted octanol–water partition coefficient (Wildman–Crippen LogP) is 1.90. The lowest BCUT2D eigenvalue weighted by Crippen LogP contribution is -2.43. The Bertz CT molecular complexity index is 225. The predicted molar refractivity (Wildman–Crippen MR) is 45.6 cm³/mol. The molecule has 0 aliphatic rings. The van der Waals surface area contributed by atoms with Gasteiger partial charge < -0.3 is 10.2 Å². The molecule has 0 radical (unpaired) electrons. The summed E-state index contributed by atoms with van der Waals surface area (Å²) in [6.07, 6.45) is 2.36. The molecule has 1 rings (SSSR count). The van der Waals surface area contributed by atoms with Gasteiger partial charge in [0.2, 0.25) is 0 Å². The highest BCUT2D eigenvalue weighted by Crippen LogP contribution is 2.15. The van der Waals surface area contributed by atoms with Crippen LogP contribution >= 0.6 is 0 Å². The Balaban J connectivity index is 2.53. The van der Waals surface area contributed by atoms with Crippen molar-refractivity contribution in [2.24, 2.45) is 5.73 Å². The van der Waals surface area contributed by atoms with Gasteiger partial charge in [0.25, 0.3) is 0 Å². The number of rotatable bonds is 3. The molecule has 1 heterocycles. The number of hydrogen-bond donors (Lipinski definition) is 1. The SMILES string of the molecule is CC(C)(N)C(F)Cc1ccoc1. The van der Waals surface area contributed by atoms with Gasteiger partial charge in [0, 0.05) is 12.0 Å². The van der Waals surface area contributed by atoms with Crippen LogP contribution in [0.1, 0.15) is 19.4 Å². The molecule has 0 spiro atoms. The zero-order chi connectivity index (χ0) is 9.19. The topological polar surface area (TPSA) is 39.2 Å². The molecule has 0 saturated heterocycles. The highest BCUT2D eigenvalue weighted by molar-refractivity contribution is 5.08. The van der Waals surface area contributed by atoms with Crippen molar-refractivity contribution in [2.75, 3.05) is 0 Å². The van der Waals surface area contributed by atoms with E-state index < -0.39 is 11.7 Å². The van der Waals surface area contributed by atoms with Crippen molar-refractivity contribution in [3.05, 3.63) is 24.2 Å². The molecule has 0 aliphatic carbocycles. The minimum absolute atomic E-state index is 0.319. The van der Waals surface area contributed by atoms with Crippen molar-refractivity contribution in [1.82, 2.24) is 0 Å². The Kier molecular flexibility index (Phi) is 2.52. The van der Waals surface area contributed by atoms with Gasteiger partial charge in [-0.2, -0.15) is 0 Å². The number of alkyl halides is 1. The van der Waals surface area contributed by atoms with E-state index in [-0.39, 0.29) is 0 Å². The summed E-state index contributed by atoms with van der Waals surface area (Å²) >= 11 is 0. The molecule has 2 N–H and O–H groups in total. The Hall–Kier alpha value is -0.830. The third-order valence-electron chi connectivity index (χ3n) is 1.80. The summed E-state index contributed by atoms with van der Waals surface area (Å²) in [6, 6.07) is 1.75. The van der Waals surface area contributed by atoms with E-state index >= 15 is 0 Å². The van der Waals surface area contributed by atoms with E-state index in [4.69, 9.17) is 10.2 Å². The summed E-state index contributed by atoms with van der Waals surface area (Å²) in [7, 11) is 0. The van der Waals surface area contributed by atoms with Crippen LogP contribution in [0.2, 0.25) is 0 Å². The monoisotopic (exact) mass is 171 g/mol. The molecule has 1 aromatic heterocycles. The lowest BCUT2D eigenvalue weighted by atomic mass is 9.95. The first-order chi connectivity index (χ1) is 5.50. The summed E-state index contributed by atoms with van der Waals surface area (Å²) in [5.74, 6) is 0. The van der Waals surface area contributed by atoms with E-state index in [1.807, 2.05) is 0 Å². The second kappa shape index (κ2) is 3.27. The highest BCUT2D eigenvalue weighted by Gasteiger charge is 2.24. The van der Waals surface area contributed by atoms with Gasteiger partial charge in [-0.1, -0.05) is 0 Å². The standard InChI is InChI=1S/C9H14FNO/c1-9(2,11)8(10)5-7-3-4-12-6-7/h3-4,6,8H,5,11H2,1-2H3. The Morgan fingerprint density at radius 2 is 2.33 bits per heavy atom. The van der Waals surface area contributed by atoms with Gasteiger partial charge in [0.1, 0.15) is 6.17 Å². The van der Waals surface area contributed by atoms with Crippen molar-refractivity contribution in [2.45, 2.75) is 32.0 Å². The first kappa shape index (κ1) is 9.26. The van der Waals surface area contributed by atoms with Crippen molar-refractivity contribution >= 4 is 0 Å². The summed E-state index contributed by atoms with van der Waals surface area (Å²) < 4.78 is 18.1. The molecule has 0 aromatic carbocycles. The Morgan fingerprint density at radius 3 is 2.75 bits per heavy atom. The van der Waals surface area contributed by atoms with E-state index in [1.165, 1.54) is 6.26 Å². The fourth-order valence-electron chi connectivity index (χ4n) is 0.879. The lowest BCUT2D eigenvalue weighted by molar-refractivity contribution is 0.218. The first-order valence-corrected chi connectivity index (χ1v) is 3.94. The van der Waals surface area contributed by atoms with Gasteiger partial charge in [0.15, 0.2) is 0 Å². The van der Waals surface area contributed by atoms with Crippen LogP contribution < -0.4 is 5.73 Å². The van der Waals surface area contributed by atoms with Gasteiger partial charge in [0.05, 0.1) is 12.5 Å². The van der Waals surface area contributed by atoms with E-state index in [9.17, 15) is 4.39 Å². The number of nitrogens with two attached hydrogens (primary N) is 1. The zero-order valence-electron chi connectivity index (χ0n) is 7.38. The van der Waals surface area contributed by atoms with E-state index in [0.717, 1.165) is 5.56 Å². The van der Waals surface area contributed by atoms with Crippen LogP contribution in [0.15, 0.2) is 23.0 Å². The van der Waals surface area contributed by atoms with Crippen LogP contribution in [0.3, 0.4) is 0 Å². The minimum Gasteiger partial charge on any atom is -0.472 e. The minimum atomic E-state index is -1.03. The average Bonchev–Trinajstić information content (AvgIpc) is 2.37. The Morgan fingerprint density at radius 1 is 1.67 bits per heavy atom. The molecule has 1 aromatic rings. The zero-order valence-corrected chi connectivity index (χ0v) is 7.38. The fraction of sp³-hybridized carbons (Fsp3) is 0.556. The van der Waals surface area contributed by atoms with E-state index in [0.29, 0.717) is 6.42 Å². The number of furan rings is 1. The molecule has 1 atom stereocenters. The van der Waals surface area contributed by atoms with Crippen LogP contribution in [0, 0.1) is 0 Å². The van der Waals surface area contributed by atoms with Gasteiger partial charge in [-0.05, 0) is 25.5 Å². The molecular formula is C9H14FNO. The fourth-order valence-corrected chi connectivity index (χ4v) is 0.879.